The molecule has 0 unspecified atom stereocenters. The van der Waals surface area contributed by atoms with Gasteiger partial charge in [-0.2, -0.15) is 0 Å². The van der Waals surface area contributed by atoms with E-state index in [0.717, 1.165) is 58.3 Å². The fraction of sp³-hybridized carbons (Fsp3) is 0.588. The Morgan fingerprint density at radius 2 is 1.75 bits per heavy atom. The van der Waals surface area contributed by atoms with E-state index in [-0.39, 0.29) is 5.41 Å². The van der Waals surface area contributed by atoms with Crippen molar-refractivity contribution >= 4 is 5.91 Å². The van der Waals surface area contributed by atoms with Crippen LogP contribution in [0.4, 0.5) is 0 Å². The fourth-order valence-corrected chi connectivity index (χ4v) is 3.71. The summed E-state index contributed by atoms with van der Waals surface area (Å²) in [6, 6.07) is 10.7. The Morgan fingerprint density at radius 1 is 1.05 bits per heavy atom. The van der Waals surface area contributed by atoms with Gasteiger partial charge in [0.2, 0.25) is 5.91 Å². The van der Waals surface area contributed by atoms with Gasteiger partial charge < -0.3 is 5.32 Å². The summed E-state index contributed by atoms with van der Waals surface area (Å²) in [4.78, 5) is 14.6. The molecule has 0 radical (unpaired) electrons. The second kappa shape index (κ2) is 5.96. The van der Waals surface area contributed by atoms with Crippen LogP contribution in [0.2, 0.25) is 0 Å². The molecule has 2 aliphatic rings. The monoisotopic (exact) mass is 272 g/mol. The van der Waals surface area contributed by atoms with Gasteiger partial charge in [-0.05, 0) is 50.8 Å². The van der Waals surface area contributed by atoms with Gasteiger partial charge in [0.1, 0.15) is 0 Å². The van der Waals surface area contributed by atoms with Gasteiger partial charge in [0.25, 0.3) is 0 Å². The van der Waals surface area contributed by atoms with Gasteiger partial charge in [-0.15, -0.1) is 0 Å². The lowest BCUT2D eigenvalue weighted by Gasteiger charge is -2.32. The highest BCUT2D eigenvalue weighted by molar-refractivity contribution is 5.84. The maximum atomic E-state index is 12.1. The summed E-state index contributed by atoms with van der Waals surface area (Å²) in [6.07, 6.45) is 5.44. The number of amides is 1. The largest absolute Gasteiger partial charge is 0.356 e. The average Bonchev–Trinajstić information content (AvgIpc) is 2.79. The SMILES string of the molecule is O=C1NCCC12CCCN(Cc1ccccc1)CCC2. The van der Waals surface area contributed by atoms with Gasteiger partial charge in [-0.3, -0.25) is 9.69 Å². The smallest absolute Gasteiger partial charge is 0.226 e. The van der Waals surface area contributed by atoms with Crippen molar-refractivity contribution in [1.29, 1.82) is 0 Å². The third kappa shape index (κ3) is 2.88. The van der Waals surface area contributed by atoms with Crippen LogP contribution in [0.15, 0.2) is 30.3 Å². The summed E-state index contributed by atoms with van der Waals surface area (Å²) in [7, 11) is 0. The highest BCUT2D eigenvalue weighted by atomic mass is 16.2. The number of likely N-dealkylation sites (tertiary alicyclic amines) is 1. The second-order valence-corrected chi connectivity index (χ2v) is 6.26. The summed E-state index contributed by atoms with van der Waals surface area (Å²) in [6.45, 7) is 4.15. The predicted molar refractivity (Wildman–Crippen MR) is 80.2 cm³/mol. The Hall–Kier alpha value is -1.35. The van der Waals surface area contributed by atoms with E-state index in [1.165, 1.54) is 5.56 Å². The van der Waals surface area contributed by atoms with Gasteiger partial charge in [0, 0.05) is 13.1 Å². The Balaban J connectivity index is 1.57. The molecule has 3 nitrogen and oxygen atoms in total. The standard InChI is InChI=1S/C17H24N2O/c20-16-17(10-11-18-16)8-4-12-19(13-5-9-17)14-15-6-2-1-3-7-15/h1-3,6-7H,4-5,8-14H2,(H,18,20). The predicted octanol–water partition coefficient (Wildman–Crippen LogP) is 2.57. The minimum absolute atomic E-state index is 0.0289. The highest BCUT2D eigenvalue weighted by Gasteiger charge is 2.41. The summed E-state index contributed by atoms with van der Waals surface area (Å²) in [5.74, 6) is 0.314. The lowest BCUT2D eigenvalue weighted by molar-refractivity contribution is -0.128. The molecule has 20 heavy (non-hydrogen) atoms. The van der Waals surface area contributed by atoms with Crippen LogP contribution in [0.5, 0.6) is 0 Å². The van der Waals surface area contributed by atoms with Crippen molar-refractivity contribution in [2.45, 2.75) is 38.6 Å². The topological polar surface area (TPSA) is 32.3 Å². The lowest BCUT2D eigenvalue weighted by atomic mass is 9.77. The van der Waals surface area contributed by atoms with Crippen LogP contribution in [0.1, 0.15) is 37.7 Å². The van der Waals surface area contributed by atoms with Gasteiger partial charge in [0.15, 0.2) is 0 Å². The quantitative estimate of drug-likeness (QED) is 0.897. The first-order valence-corrected chi connectivity index (χ1v) is 7.83. The number of carbonyl (C=O) groups is 1. The molecule has 0 atom stereocenters. The number of nitrogens with zero attached hydrogens (tertiary/aromatic N) is 1. The maximum absolute atomic E-state index is 12.1. The molecule has 108 valence electrons. The van der Waals surface area contributed by atoms with Crippen molar-refractivity contribution in [2.24, 2.45) is 5.41 Å². The summed E-state index contributed by atoms with van der Waals surface area (Å²) >= 11 is 0. The van der Waals surface area contributed by atoms with Crippen molar-refractivity contribution in [1.82, 2.24) is 10.2 Å². The first-order chi connectivity index (χ1) is 9.78. The third-order valence-electron chi connectivity index (χ3n) is 4.88. The van der Waals surface area contributed by atoms with E-state index in [1.807, 2.05) is 0 Å². The molecule has 3 heteroatoms. The van der Waals surface area contributed by atoms with E-state index < -0.39 is 0 Å². The molecular weight excluding hydrogens is 248 g/mol. The normalized spacial score (nSPS) is 23.3. The summed E-state index contributed by atoms with van der Waals surface area (Å²) < 4.78 is 0. The van der Waals surface area contributed by atoms with E-state index in [2.05, 4.69) is 40.5 Å². The third-order valence-corrected chi connectivity index (χ3v) is 4.88. The van der Waals surface area contributed by atoms with Crippen molar-refractivity contribution < 1.29 is 4.79 Å². The van der Waals surface area contributed by atoms with E-state index in [4.69, 9.17) is 0 Å². The molecular formula is C17H24N2O. The number of hydrogen-bond acceptors (Lipinski definition) is 2. The van der Waals surface area contributed by atoms with Crippen LogP contribution in [-0.4, -0.2) is 30.4 Å². The average molecular weight is 272 g/mol. The first kappa shape index (κ1) is 13.6. The Morgan fingerprint density at radius 3 is 2.35 bits per heavy atom. The second-order valence-electron chi connectivity index (χ2n) is 6.26. The van der Waals surface area contributed by atoms with Crippen LogP contribution in [0, 0.1) is 5.41 Å². The number of hydrogen-bond donors (Lipinski definition) is 1. The number of rotatable bonds is 2. The summed E-state index contributed by atoms with van der Waals surface area (Å²) in [5, 5.41) is 3.03. The van der Waals surface area contributed by atoms with Gasteiger partial charge >= 0.3 is 0 Å². The lowest BCUT2D eigenvalue weighted by Crippen LogP contribution is -2.36. The zero-order valence-electron chi connectivity index (χ0n) is 12.1. The van der Waals surface area contributed by atoms with Crippen molar-refractivity contribution in [3.8, 4) is 0 Å². The van der Waals surface area contributed by atoms with Gasteiger partial charge in [-0.25, -0.2) is 0 Å². The van der Waals surface area contributed by atoms with E-state index in [9.17, 15) is 4.79 Å². The van der Waals surface area contributed by atoms with Crippen LogP contribution >= 0.6 is 0 Å². The molecule has 1 spiro atoms. The molecule has 0 bridgehead atoms. The van der Waals surface area contributed by atoms with Crippen molar-refractivity contribution in [2.75, 3.05) is 19.6 Å². The van der Waals surface area contributed by atoms with Crippen molar-refractivity contribution in [3.05, 3.63) is 35.9 Å². The molecule has 1 amide bonds. The highest BCUT2D eigenvalue weighted by Crippen LogP contribution is 2.38. The van der Waals surface area contributed by atoms with Crippen LogP contribution in [0.25, 0.3) is 0 Å². The summed E-state index contributed by atoms with van der Waals surface area (Å²) in [5.41, 5.74) is 1.36. The Bertz CT molecular complexity index is 447. The van der Waals surface area contributed by atoms with Crippen LogP contribution in [0.3, 0.4) is 0 Å². The molecule has 2 fully saturated rings. The Kier molecular flexibility index (Phi) is 4.06. The molecule has 0 aromatic heterocycles. The molecule has 1 aromatic rings. The van der Waals surface area contributed by atoms with E-state index >= 15 is 0 Å². The molecule has 3 rings (SSSR count). The molecule has 1 aromatic carbocycles. The minimum atomic E-state index is -0.0289. The molecule has 1 N–H and O–H groups in total. The number of nitrogens with one attached hydrogen (secondary N) is 1. The van der Waals surface area contributed by atoms with E-state index in [0.29, 0.717) is 5.91 Å². The first-order valence-electron chi connectivity index (χ1n) is 7.83. The molecule has 0 aliphatic carbocycles. The van der Waals surface area contributed by atoms with Gasteiger partial charge in [0.05, 0.1) is 5.41 Å². The fourth-order valence-electron chi connectivity index (χ4n) is 3.71. The molecule has 0 saturated carbocycles. The zero-order valence-corrected chi connectivity index (χ0v) is 12.1. The van der Waals surface area contributed by atoms with E-state index in [1.54, 1.807) is 0 Å². The van der Waals surface area contributed by atoms with Crippen molar-refractivity contribution in [3.63, 3.8) is 0 Å². The Labute approximate surface area is 121 Å². The maximum Gasteiger partial charge on any atom is 0.226 e. The zero-order chi connectivity index (χ0) is 13.8. The van der Waals surface area contributed by atoms with Crippen LogP contribution < -0.4 is 5.32 Å². The molecule has 2 heterocycles. The number of benzene rings is 1. The molecule has 2 saturated heterocycles. The molecule has 2 aliphatic heterocycles. The minimum Gasteiger partial charge on any atom is -0.356 e. The van der Waals surface area contributed by atoms with Crippen LogP contribution in [-0.2, 0) is 11.3 Å². The van der Waals surface area contributed by atoms with Gasteiger partial charge in [-0.1, -0.05) is 30.3 Å². The number of carbonyl (C=O) groups excluding carboxylic acids is 1.